The smallest absolute Gasteiger partial charge is 0.305 e. The number of esters is 1. The Labute approximate surface area is 146 Å². The molecule has 4 nitrogen and oxygen atoms in total. The minimum absolute atomic E-state index is 0.0718. The highest BCUT2D eigenvalue weighted by molar-refractivity contribution is 6.37. The van der Waals surface area contributed by atoms with Crippen LogP contribution >= 0.6 is 23.2 Å². The number of nitrogens with zero attached hydrogens (tertiary/aromatic N) is 1. The normalized spacial score (nSPS) is 15.9. The summed E-state index contributed by atoms with van der Waals surface area (Å²) >= 11 is 12.2. The zero-order valence-electron chi connectivity index (χ0n) is 12.9. The van der Waals surface area contributed by atoms with Gasteiger partial charge in [0.05, 0.1) is 7.11 Å². The van der Waals surface area contributed by atoms with Gasteiger partial charge in [-0.05, 0) is 37.0 Å². The van der Waals surface area contributed by atoms with E-state index >= 15 is 0 Å². The van der Waals surface area contributed by atoms with Gasteiger partial charge in [-0.15, -0.1) is 0 Å². The molecule has 0 radical (unpaired) electrons. The molecule has 0 unspecified atom stereocenters. The molecule has 23 heavy (non-hydrogen) atoms. The first-order valence-corrected chi connectivity index (χ1v) is 8.24. The maximum atomic E-state index is 12.2. The number of carbonyl (C=O) groups excluding carboxylic acids is 2. The third kappa shape index (κ3) is 4.98. The van der Waals surface area contributed by atoms with Crippen molar-refractivity contribution >= 4 is 41.2 Å². The van der Waals surface area contributed by atoms with Crippen LogP contribution in [0.2, 0.25) is 10.0 Å². The Kier molecular flexibility index (Phi) is 6.48. The van der Waals surface area contributed by atoms with Crippen LogP contribution in [-0.2, 0) is 14.3 Å². The summed E-state index contributed by atoms with van der Waals surface area (Å²) in [4.78, 5) is 25.3. The fraction of sp³-hybridized carbons (Fsp3) is 0.412. The number of piperidine rings is 1. The Bertz CT molecular complexity index is 588. The first kappa shape index (κ1) is 17.8. The summed E-state index contributed by atoms with van der Waals surface area (Å²) < 4.78 is 4.68. The quantitative estimate of drug-likeness (QED) is 0.609. The second-order valence-electron chi connectivity index (χ2n) is 5.52. The number of methoxy groups -OCH3 is 1. The van der Waals surface area contributed by atoms with Crippen LogP contribution in [0.1, 0.15) is 24.8 Å². The van der Waals surface area contributed by atoms with Crippen LogP contribution in [-0.4, -0.2) is 37.0 Å². The van der Waals surface area contributed by atoms with E-state index in [2.05, 4.69) is 4.74 Å². The van der Waals surface area contributed by atoms with Gasteiger partial charge in [0, 0.05) is 41.2 Å². The third-order valence-corrected chi connectivity index (χ3v) is 4.66. The molecule has 0 saturated carbocycles. The molecule has 1 saturated heterocycles. The van der Waals surface area contributed by atoms with Crippen molar-refractivity contribution in [2.75, 3.05) is 20.2 Å². The average Bonchev–Trinajstić information content (AvgIpc) is 2.54. The second kappa shape index (κ2) is 8.37. The Morgan fingerprint density at radius 2 is 1.87 bits per heavy atom. The molecule has 124 valence electrons. The van der Waals surface area contributed by atoms with Crippen molar-refractivity contribution in [2.45, 2.75) is 19.3 Å². The molecule has 1 amide bonds. The van der Waals surface area contributed by atoms with Gasteiger partial charge in [-0.1, -0.05) is 29.3 Å². The van der Waals surface area contributed by atoms with Gasteiger partial charge in [-0.3, -0.25) is 9.59 Å². The predicted octanol–water partition coefficient (Wildman–Crippen LogP) is 3.81. The van der Waals surface area contributed by atoms with Crippen molar-refractivity contribution in [1.82, 2.24) is 4.90 Å². The van der Waals surface area contributed by atoms with Crippen LogP contribution in [0.5, 0.6) is 0 Å². The molecular weight excluding hydrogens is 337 g/mol. The van der Waals surface area contributed by atoms with Gasteiger partial charge in [0.25, 0.3) is 0 Å². The molecule has 1 aliphatic rings. The number of amides is 1. The lowest BCUT2D eigenvalue weighted by Crippen LogP contribution is -2.38. The highest BCUT2D eigenvalue weighted by Crippen LogP contribution is 2.26. The van der Waals surface area contributed by atoms with E-state index < -0.39 is 0 Å². The fourth-order valence-corrected chi connectivity index (χ4v) is 3.13. The van der Waals surface area contributed by atoms with E-state index in [-0.39, 0.29) is 17.8 Å². The van der Waals surface area contributed by atoms with Crippen molar-refractivity contribution in [3.8, 4) is 0 Å². The van der Waals surface area contributed by atoms with Crippen LogP contribution in [0.25, 0.3) is 6.08 Å². The Morgan fingerprint density at radius 3 is 2.43 bits per heavy atom. The van der Waals surface area contributed by atoms with Crippen molar-refractivity contribution in [1.29, 1.82) is 0 Å². The molecular formula is C17H19Cl2NO3. The molecule has 1 aliphatic heterocycles. The maximum Gasteiger partial charge on any atom is 0.305 e. The van der Waals surface area contributed by atoms with Gasteiger partial charge in [0.1, 0.15) is 0 Å². The minimum Gasteiger partial charge on any atom is -0.469 e. The van der Waals surface area contributed by atoms with E-state index in [4.69, 9.17) is 23.2 Å². The molecule has 0 atom stereocenters. The van der Waals surface area contributed by atoms with E-state index in [1.54, 1.807) is 29.2 Å². The molecule has 0 N–H and O–H groups in total. The van der Waals surface area contributed by atoms with Gasteiger partial charge in [-0.2, -0.15) is 0 Å². The van der Waals surface area contributed by atoms with Gasteiger partial charge in [-0.25, -0.2) is 0 Å². The summed E-state index contributed by atoms with van der Waals surface area (Å²) in [5.41, 5.74) is 0.643. The number of carbonyl (C=O) groups is 2. The zero-order valence-corrected chi connectivity index (χ0v) is 14.4. The number of likely N-dealkylation sites (tertiary alicyclic amines) is 1. The maximum absolute atomic E-state index is 12.2. The number of hydrogen-bond acceptors (Lipinski definition) is 3. The largest absolute Gasteiger partial charge is 0.469 e. The molecule has 2 rings (SSSR count). The summed E-state index contributed by atoms with van der Waals surface area (Å²) in [5, 5.41) is 1.02. The van der Waals surface area contributed by atoms with Gasteiger partial charge in [0.15, 0.2) is 0 Å². The minimum atomic E-state index is -0.192. The van der Waals surface area contributed by atoms with Crippen molar-refractivity contribution in [2.24, 2.45) is 5.92 Å². The van der Waals surface area contributed by atoms with Gasteiger partial charge < -0.3 is 9.64 Å². The standard InChI is InChI=1S/C17H19Cl2NO3/c1-23-17(22)11-12-7-9-20(10-8-12)16(21)6-5-13-14(18)3-2-4-15(13)19/h2-6,12H,7-11H2,1H3/b6-5+. The molecule has 1 heterocycles. The van der Waals surface area contributed by atoms with Crippen molar-refractivity contribution in [3.63, 3.8) is 0 Å². The number of rotatable bonds is 4. The first-order valence-electron chi connectivity index (χ1n) is 7.49. The molecule has 0 spiro atoms. The third-order valence-electron chi connectivity index (χ3n) is 4.00. The lowest BCUT2D eigenvalue weighted by Gasteiger charge is -2.30. The summed E-state index contributed by atoms with van der Waals surface area (Å²) in [5.74, 6) is 0.0222. The summed E-state index contributed by atoms with van der Waals surface area (Å²) in [6.07, 6.45) is 5.17. The van der Waals surface area contributed by atoms with E-state index in [0.717, 1.165) is 12.8 Å². The van der Waals surface area contributed by atoms with Crippen LogP contribution in [0.15, 0.2) is 24.3 Å². The Hall–Kier alpha value is -1.52. The molecule has 0 aliphatic carbocycles. The highest BCUT2D eigenvalue weighted by Gasteiger charge is 2.23. The van der Waals surface area contributed by atoms with Gasteiger partial charge >= 0.3 is 5.97 Å². The molecule has 1 fully saturated rings. The Balaban J connectivity index is 1.90. The number of ether oxygens (including phenoxy) is 1. The first-order chi connectivity index (χ1) is 11.0. The molecule has 0 bridgehead atoms. The molecule has 6 heteroatoms. The fourth-order valence-electron chi connectivity index (χ4n) is 2.61. The molecule has 0 aromatic heterocycles. The van der Waals surface area contributed by atoms with Crippen LogP contribution in [0.4, 0.5) is 0 Å². The lowest BCUT2D eigenvalue weighted by molar-refractivity contribution is -0.142. The van der Waals surface area contributed by atoms with Crippen LogP contribution in [0, 0.1) is 5.92 Å². The van der Waals surface area contributed by atoms with E-state index in [0.29, 0.717) is 35.1 Å². The zero-order chi connectivity index (χ0) is 16.8. The van der Waals surface area contributed by atoms with Gasteiger partial charge in [0.2, 0.25) is 5.91 Å². The number of halogens is 2. The summed E-state index contributed by atoms with van der Waals surface area (Å²) in [6, 6.07) is 5.22. The van der Waals surface area contributed by atoms with Crippen LogP contribution < -0.4 is 0 Å². The number of benzene rings is 1. The van der Waals surface area contributed by atoms with E-state index in [1.807, 2.05) is 0 Å². The van der Waals surface area contributed by atoms with E-state index in [1.165, 1.54) is 13.2 Å². The SMILES string of the molecule is COC(=O)CC1CCN(C(=O)/C=C/c2c(Cl)cccc2Cl)CC1. The molecule has 1 aromatic rings. The molecule has 1 aromatic carbocycles. The summed E-state index contributed by atoms with van der Waals surface area (Å²) in [6.45, 7) is 1.28. The topological polar surface area (TPSA) is 46.6 Å². The second-order valence-corrected chi connectivity index (χ2v) is 6.33. The Morgan fingerprint density at radius 1 is 1.26 bits per heavy atom. The monoisotopic (exact) mass is 355 g/mol. The van der Waals surface area contributed by atoms with Crippen LogP contribution in [0.3, 0.4) is 0 Å². The lowest BCUT2D eigenvalue weighted by atomic mass is 9.93. The van der Waals surface area contributed by atoms with Crippen molar-refractivity contribution in [3.05, 3.63) is 39.9 Å². The average molecular weight is 356 g/mol. The number of hydrogen-bond donors (Lipinski definition) is 0. The predicted molar refractivity (Wildman–Crippen MR) is 91.4 cm³/mol. The van der Waals surface area contributed by atoms with Crippen molar-refractivity contribution < 1.29 is 14.3 Å². The highest BCUT2D eigenvalue weighted by atomic mass is 35.5. The summed E-state index contributed by atoms with van der Waals surface area (Å²) in [7, 11) is 1.39. The van der Waals surface area contributed by atoms with E-state index in [9.17, 15) is 9.59 Å².